The SMILES string of the molecule is CO[C@@H]1CC[C@@H](Br)C1. The first kappa shape index (κ1) is 6.56. The molecule has 0 aliphatic heterocycles. The average Bonchev–Trinajstić information content (AvgIpc) is 2.14. The molecule has 0 unspecified atom stereocenters. The van der Waals surface area contributed by atoms with Gasteiger partial charge >= 0.3 is 0 Å². The van der Waals surface area contributed by atoms with Crippen molar-refractivity contribution in [2.45, 2.75) is 30.2 Å². The minimum Gasteiger partial charge on any atom is -0.381 e. The molecule has 0 saturated heterocycles. The normalized spacial score (nSPS) is 38.2. The molecule has 0 aromatic heterocycles. The van der Waals surface area contributed by atoms with Gasteiger partial charge in [0.2, 0.25) is 0 Å². The largest absolute Gasteiger partial charge is 0.381 e. The highest BCUT2D eigenvalue weighted by molar-refractivity contribution is 9.09. The number of hydrogen-bond donors (Lipinski definition) is 0. The van der Waals surface area contributed by atoms with Crippen LogP contribution in [0.1, 0.15) is 19.3 Å². The van der Waals surface area contributed by atoms with Gasteiger partial charge in [-0.15, -0.1) is 0 Å². The van der Waals surface area contributed by atoms with Crippen molar-refractivity contribution in [1.29, 1.82) is 0 Å². The number of methoxy groups -OCH3 is 1. The van der Waals surface area contributed by atoms with Crippen LogP contribution in [0, 0.1) is 0 Å². The topological polar surface area (TPSA) is 9.23 Å². The maximum atomic E-state index is 5.15. The van der Waals surface area contributed by atoms with Crippen molar-refractivity contribution in [2.75, 3.05) is 7.11 Å². The lowest BCUT2D eigenvalue weighted by atomic mass is 10.3. The first-order valence-corrected chi connectivity index (χ1v) is 3.91. The van der Waals surface area contributed by atoms with E-state index in [9.17, 15) is 0 Å². The van der Waals surface area contributed by atoms with E-state index in [4.69, 9.17) is 4.74 Å². The molecule has 1 fully saturated rings. The molecule has 1 aliphatic carbocycles. The molecule has 1 rings (SSSR count). The zero-order valence-electron chi connectivity index (χ0n) is 5.06. The van der Waals surface area contributed by atoms with Crippen molar-refractivity contribution in [3.63, 3.8) is 0 Å². The quantitative estimate of drug-likeness (QED) is 0.559. The number of alkyl halides is 1. The smallest absolute Gasteiger partial charge is 0.0582 e. The minimum absolute atomic E-state index is 0.527. The average molecular weight is 179 g/mol. The summed E-state index contributed by atoms with van der Waals surface area (Å²) in [6.07, 6.45) is 4.22. The number of halogens is 1. The van der Waals surface area contributed by atoms with Crippen LogP contribution in [0.4, 0.5) is 0 Å². The Morgan fingerprint density at radius 1 is 1.50 bits per heavy atom. The number of rotatable bonds is 1. The highest BCUT2D eigenvalue weighted by Gasteiger charge is 2.21. The molecular weight excluding hydrogens is 168 g/mol. The summed E-state index contributed by atoms with van der Waals surface area (Å²) >= 11 is 3.54. The van der Waals surface area contributed by atoms with Crippen molar-refractivity contribution >= 4 is 15.9 Å². The summed E-state index contributed by atoms with van der Waals surface area (Å²) in [6, 6.07) is 0. The maximum absolute atomic E-state index is 5.15. The van der Waals surface area contributed by atoms with Crippen LogP contribution in [0.5, 0.6) is 0 Å². The number of ether oxygens (including phenoxy) is 1. The van der Waals surface area contributed by atoms with Gasteiger partial charge in [-0.3, -0.25) is 0 Å². The molecule has 0 aromatic carbocycles. The van der Waals surface area contributed by atoms with Crippen LogP contribution >= 0.6 is 15.9 Å². The van der Waals surface area contributed by atoms with Gasteiger partial charge in [-0.2, -0.15) is 0 Å². The van der Waals surface area contributed by atoms with Gasteiger partial charge in [0.1, 0.15) is 0 Å². The maximum Gasteiger partial charge on any atom is 0.0582 e. The lowest BCUT2D eigenvalue weighted by molar-refractivity contribution is 0.109. The van der Waals surface area contributed by atoms with Gasteiger partial charge in [0.25, 0.3) is 0 Å². The molecule has 1 nitrogen and oxygen atoms in total. The molecule has 2 atom stereocenters. The van der Waals surface area contributed by atoms with E-state index in [-0.39, 0.29) is 0 Å². The summed E-state index contributed by atoms with van der Waals surface area (Å²) < 4.78 is 5.15. The molecule has 0 heterocycles. The van der Waals surface area contributed by atoms with Gasteiger partial charge in [-0.25, -0.2) is 0 Å². The second-order valence-corrected chi connectivity index (χ2v) is 3.56. The van der Waals surface area contributed by atoms with Gasteiger partial charge in [0, 0.05) is 11.9 Å². The van der Waals surface area contributed by atoms with Gasteiger partial charge in [-0.05, 0) is 19.3 Å². The Kier molecular flexibility index (Phi) is 2.32. The Balaban J connectivity index is 2.22. The highest BCUT2D eigenvalue weighted by atomic mass is 79.9. The van der Waals surface area contributed by atoms with E-state index in [1.807, 2.05) is 0 Å². The molecule has 0 bridgehead atoms. The fraction of sp³-hybridized carbons (Fsp3) is 1.00. The van der Waals surface area contributed by atoms with Crippen LogP contribution in [0.2, 0.25) is 0 Å². The van der Waals surface area contributed by atoms with Gasteiger partial charge in [-0.1, -0.05) is 15.9 Å². The lowest BCUT2D eigenvalue weighted by Gasteiger charge is -2.03. The summed E-state index contributed by atoms with van der Waals surface area (Å²) in [4.78, 5) is 0.715. The van der Waals surface area contributed by atoms with Gasteiger partial charge in [0.15, 0.2) is 0 Å². The van der Waals surface area contributed by atoms with E-state index in [2.05, 4.69) is 15.9 Å². The second kappa shape index (κ2) is 2.83. The molecule has 0 radical (unpaired) electrons. The zero-order valence-corrected chi connectivity index (χ0v) is 6.65. The third-order valence-electron chi connectivity index (χ3n) is 1.65. The Morgan fingerprint density at radius 3 is 2.50 bits per heavy atom. The minimum atomic E-state index is 0.527. The van der Waals surface area contributed by atoms with Crippen molar-refractivity contribution in [1.82, 2.24) is 0 Å². The molecule has 0 N–H and O–H groups in total. The fourth-order valence-corrected chi connectivity index (χ4v) is 1.78. The Bertz CT molecular complexity index is 74.9. The van der Waals surface area contributed by atoms with Crippen LogP contribution in [0.25, 0.3) is 0 Å². The van der Waals surface area contributed by atoms with E-state index >= 15 is 0 Å². The Hall–Kier alpha value is 0.440. The molecule has 0 spiro atoms. The van der Waals surface area contributed by atoms with Crippen LogP contribution in [-0.4, -0.2) is 18.0 Å². The highest BCUT2D eigenvalue weighted by Crippen LogP contribution is 2.26. The second-order valence-electron chi connectivity index (χ2n) is 2.27. The summed E-state index contributed by atoms with van der Waals surface area (Å²) in [6.45, 7) is 0. The Morgan fingerprint density at radius 2 is 2.25 bits per heavy atom. The molecule has 0 aromatic rings. The first-order chi connectivity index (χ1) is 3.83. The number of hydrogen-bond acceptors (Lipinski definition) is 1. The summed E-state index contributed by atoms with van der Waals surface area (Å²) in [5, 5.41) is 0. The summed E-state index contributed by atoms with van der Waals surface area (Å²) in [7, 11) is 1.79. The molecule has 0 amide bonds. The summed E-state index contributed by atoms with van der Waals surface area (Å²) in [5.74, 6) is 0. The van der Waals surface area contributed by atoms with E-state index < -0.39 is 0 Å². The zero-order chi connectivity index (χ0) is 5.98. The first-order valence-electron chi connectivity index (χ1n) is 3.00. The molecular formula is C6H11BrO. The fourth-order valence-electron chi connectivity index (χ4n) is 1.10. The van der Waals surface area contributed by atoms with E-state index in [0.717, 1.165) is 0 Å². The van der Waals surface area contributed by atoms with Crippen LogP contribution in [0.3, 0.4) is 0 Å². The third kappa shape index (κ3) is 1.46. The van der Waals surface area contributed by atoms with Crippen molar-refractivity contribution in [2.24, 2.45) is 0 Å². The van der Waals surface area contributed by atoms with Crippen molar-refractivity contribution in [3.8, 4) is 0 Å². The van der Waals surface area contributed by atoms with Crippen molar-refractivity contribution < 1.29 is 4.74 Å². The third-order valence-corrected chi connectivity index (χ3v) is 2.49. The van der Waals surface area contributed by atoms with Gasteiger partial charge < -0.3 is 4.74 Å². The van der Waals surface area contributed by atoms with E-state index in [0.29, 0.717) is 10.9 Å². The molecule has 1 aliphatic rings. The van der Waals surface area contributed by atoms with Crippen LogP contribution in [0.15, 0.2) is 0 Å². The summed E-state index contributed by atoms with van der Waals surface area (Å²) in [5.41, 5.74) is 0. The lowest BCUT2D eigenvalue weighted by Crippen LogP contribution is -2.03. The molecule has 48 valence electrons. The monoisotopic (exact) mass is 178 g/mol. The van der Waals surface area contributed by atoms with E-state index in [1.165, 1.54) is 19.3 Å². The molecule has 1 saturated carbocycles. The van der Waals surface area contributed by atoms with Crippen LogP contribution < -0.4 is 0 Å². The van der Waals surface area contributed by atoms with Crippen LogP contribution in [-0.2, 0) is 4.74 Å². The molecule has 2 heteroatoms. The molecule has 8 heavy (non-hydrogen) atoms. The van der Waals surface area contributed by atoms with Crippen molar-refractivity contribution in [3.05, 3.63) is 0 Å². The van der Waals surface area contributed by atoms with Gasteiger partial charge in [0.05, 0.1) is 6.10 Å². The van der Waals surface area contributed by atoms with E-state index in [1.54, 1.807) is 7.11 Å². The standard InChI is InChI=1S/C6H11BrO/c1-8-6-3-2-5(7)4-6/h5-6H,2-4H2,1H3/t5-,6-/m1/s1. The predicted molar refractivity (Wildman–Crippen MR) is 37.4 cm³/mol. The Labute approximate surface area is 58.5 Å². The predicted octanol–water partition coefficient (Wildman–Crippen LogP) is 1.95.